The molecule has 0 amide bonds. The van der Waals surface area contributed by atoms with Crippen molar-refractivity contribution >= 4 is 45.1 Å². The Bertz CT molecular complexity index is 632. The van der Waals surface area contributed by atoms with Gasteiger partial charge in [0.2, 0.25) is 0 Å². The minimum Gasteiger partial charge on any atom is -0.478 e. The van der Waals surface area contributed by atoms with Crippen molar-refractivity contribution in [1.29, 1.82) is 0 Å². The Labute approximate surface area is 127 Å². The lowest BCUT2D eigenvalue weighted by atomic mass is 10.2. The Hall–Kier alpha value is -1.02. The summed E-state index contributed by atoms with van der Waals surface area (Å²) in [6, 6.07) is 2.10. The number of benzene rings is 1. The summed E-state index contributed by atoms with van der Waals surface area (Å²) in [4.78, 5) is 11.2. The maximum Gasteiger partial charge on any atom is 0.337 e. The van der Waals surface area contributed by atoms with Gasteiger partial charge in [0.05, 0.1) is 16.3 Å². The zero-order chi connectivity index (χ0) is 15.7. The molecule has 1 aromatic rings. The lowest BCUT2D eigenvalue weighted by Crippen LogP contribution is -2.37. The van der Waals surface area contributed by atoms with E-state index in [2.05, 4.69) is 4.72 Å². The van der Waals surface area contributed by atoms with Crippen LogP contribution in [0.5, 0.6) is 0 Å². The fourth-order valence-electron chi connectivity index (χ4n) is 1.32. The topological polar surface area (TPSA) is 86.7 Å². The van der Waals surface area contributed by atoms with Crippen LogP contribution in [0.15, 0.2) is 12.1 Å². The molecule has 0 aliphatic carbocycles. The largest absolute Gasteiger partial charge is 0.478 e. The highest BCUT2D eigenvalue weighted by Crippen LogP contribution is 2.31. The molecule has 2 N–H and O–H groups in total. The van der Waals surface area contributed by atoms with E-state index >= 15 is 0 Å². The van der Waals surface area contributed by atoms with E-state index in [9.17, 15) is 13.2 Å². The highest BCUT2D eigenvalue weighted by Gasteiger charge is 2.24. The number of carboxylic acids is 1. The third-order valence-electron chi connectivity index (χ3n) is 2.62. The summed E-state index contributed by atoms with van der Waals surface area (Å²) < 4.78 is 27.4. The summed E-state index contributed by atoms with van der Waals surface area (Å²) in [6.07, 6.45) is 0. The highest BCUT2D eigenvalue weighted by molar-refractivity contribution is 7.90. The van der Waals surface area contributed by atoms with Gasteiger partial charge in [-0.2, -0.15) is 12.7 Å². The minimum absolute atomic E-state index is 0.0874. The summed E-state index contributed by atoms with van der Waals surface area (Å²) in [5.74, 6) is -1.33. The van der Waals surface area contributed by atoms with Crippen LogP contribution in [-0.2, 0) is 10.2 Å². The monoisotopic (exact) mass is 340 g/mol. The molecule has 0 atom stereocenters. The van der Waals surface area contributed by atoms with Crippen molar-refractivity contribution in [1.82, 2.24) is 4.31 Å². The number of hydrogen-bond donors (Lipinski definition) is 2. The molecule has 0 unspecified atom stereocenters. The Morgan fingerprint density at radius 3 is 2.35 bits per heavy atom. The van der Waals surface area contributed by atoms with Crippen LogP contribution in [-0.4, -0.2) is 36.9 Å². The van der Waals surface area contributed by atoms with Crippen molar-refractivity contribution in [2.75, 3.05) is 11.8 Å². The number of aromatic carboxylic acids is 1. The first-order chi connectivity index (χ1) is 9.06. The second-order valence-electron chi connectivity index (χ2n) is 4.33. The van der Waals surface area contributed by atoms with Crippen molar-refractivity contribution in [3.05, 3.63) is 27.7 Å². The Morgan fingerprint density at radius 2 is 1.90 bits per heavy atom. The molecule has 0 bridgehead atoms. The first-order valence-electron chi connectivity index (χ1n) is 5.54. The fourth-order valence-corrected chi connectivity index (χ4v) is 3.10. The van der Waals surface area contributed by atoms with Crippen LogP contribution in [0.2, 0.25) is 10.0 Å². The van der Waals surface area contributed by atoms with Gasteiger partial charge in [-0.25, -0.2) is 4.79 Å². The van der Waals surface area contributed by atoms with Gasteiger partial charge in [0.15, 0.2) is 0 Å². The molecule has 0 radical (unpaired) electrons. The predicted molar refractivity (Wildman–Crippen MR) is 78.9 cm³/mol. The van der Waals surface area contributed by atoms with Gasteiger partial charge < -0.3 is 5.11 Å². The summed E-state index contributed by atoms with van der Waals surface area (Å²) in [5.41, 5.74) is -0.528. The maximum atomic E-state index is 12.1. The molecule has 6 nitrogen and oxygen atoms in total. The lowest BCUT2D eigenvalue weighted by Gasteiger charge is -2.22. The molecule has 0 aliphatic heterocycles. The van der Waals surface area contributed by atoms with Gasteiger partial charge >= 0.3 is 16.2 Å². The number of nitrogens with zero attached hydrogens (tertiary/aromatic N) is 1. The second-order valence-corrected chi connectivity index (χ2v) is 6.91. The van der Waals surface area contributed by atoms with Crippen LogP contribution >= 0.6 is 23.2 Å². The molecule has 0 aromatic heterocycles. The van der Waals surface area contributed by atoms with E-state index in [1.54, 1.807) is 13.8 Å². The van der Waals surface area contributed by atoms with Crippen molar-refractivity contribution in [2.45, 2.75) is 19.9 Å². The van der Waals surface area contributed by atoms with E-state index in [-0.39, 0.29) is 27.3 Å². The molecule has 0 saturated carbocycles. The molecule has 0 aliphatic rings. The zero-order valence-electron chi connectivity index (χ0n) is 11.0. The number of carboxylic acid groups (broad SMARTS) is 1. The summed E-state index contributed by atoms with van der Waals surface area (Å²) in [6.45, 7) is 3.36. The third-order valence-corrected chi connectivity index (χ3v) is 4.78. The van der Waals surface area contributed by atoms with Gasteiger partial charge in [-0.1, -0.05) is 23.2 Å². The van der Waals surface area contributed by atoms with Gasteiger partial charge in [0.1, 0.15) is 0 Å². The number of nitrogens with one attached hydrogen (secondary N) is 1. The average molecular weight is 341 g/mol. The molecule has 0 spiro atoms. The Morgan fingerprint density at radius 1 is 1.35 bits per heavy atom. The van der Waals surface area contributed by atoms with E-state index in [1.165, 1.54) is 13.1 Å². The van der Waals surface area contributed by atoms with Crippen molar-refractivity contribution < 1.29 is 18.3 Å². The van der Waals surface area contributed by atoms with Gasteiger partial charge in [-0.15, -0.1) is 0 Å². The van der Waals surface area contributed by atoms with Crippen LogP contribution in [0.25, 0.3) is 0 Å². The quantitative estimate of drug-likeness (QED) is 0.862. The molecule has 9 heteroatoms. The standard InChI is InChI=1S/C11H14Cl2N2O4S/c1-6(2)15(3)20(18,19)14-10-8(11(16)17)4-7(12)5-9(10)13/h4-6,14H,1-3H3,(H,16,17). The summed E-state index contributed by atoms with van der Waals surface area (Å²) in [5, 5.41) is 9.11. The normalized spacial score (nSPS) is 11.9. The Balaban J connectivity index is 3.32. The SMILES string of the molecule is CC(C)N(C)S(=O)(=O)Nc1c(Cl)cc(Cl)cc1C(=O)O. The van der Waals surface area contributed by atoms with Gasteiger partial charge in [-0.05, 0) is 26.0 Å². The predicted octanol–water partition coefficient (Wildman–Crippen LogP) is 2.69. The smallest absolute Gasteiger partial charge is 0.337 e. The van der Waals surface area contributed by atoms with E-state index in [0.717, 1.165) is 10.4 Å². The molecular formula is C11H14Cl2N2O4S. The number of hydrogen-bond acceptors (Lipinski definition) is 3. The molecule has 0 fully saturated rings. The minimum atomic E-state index is -3.91. The lowest BCUT2D eigenvalue weighted by molar-refractivity contribution is 0.0698. The van der Waals surface area contributed by atoms with E-state index in [0.29, 0.717) is 0 Å². The van der Waals surface area contributed by atoms with Gasteiger partial charge in [-0.3, -0.25) is 4.72 Å². The Kier molecular flexibility index (Phi) is 5.26. The number of halogens is 2. The average Bonchev–Trinajstić information content (AvgIpc) is 2.30. The van der Waals surface area contributed by atoms with Crippen LogP contribution < -0.4 is 4.72 Å². The highest BCUT2D eigenvalue weighted by atomic mass is 35.5. The van der Waals surface area contributed by atoms with Gasteiger partial charge in [0.25, 0.3) is 0 Å². The van der Waals surface area contributed by atoms with E-state index in [1.807, 2.05) is 0 Å². The first-order valence-corrected chi connectivity index (χ1v) is 7.74. The number of carbonyl (C=O) groups is 1. The van der Waals surface area contributed by atoms with E-state index < -0.39 is 16.2 Å². The molecule has 20 heavy (non-hydrogen) atoms. The van der Waals surface area contributed by atoms with E-state index in [4.69, 9.17) is 28.3 Å². The summed E-state index contributed by atoms with van der Waals surface area (Å²) in [7, 11) is -2.54. The molecular weight excluding hydrogens is 327 g/mol. The van der Waals surface area contributed by atoms with Crippen molar-refractivity contribution in [3.63, 3.8) is 0 Å². The summed E-state index contributed by atoms with van der Waals surface area (Å²) >= 11 is 11.6. The molecule has 1 rings (SSSR count). The number of rotatable bonds is 5. The first kappa shape index (κ1) is 17.0. The van der Waals surface area contributed by atoms with Crippen molar-refractivity contribution in [2.24, 2.45) is 0 Å². The van der Waals surface area contributed by atoms with Crippen LogP contribution in [0, 0.1) is 0 Å². The maximum absolute atomic E-state index is 12.1. The van der Waals surface area contributed by atoms with Gasteiger partial charge in [0, 0.05) is 18.1 Å². The van der Waals surface area contributed by atoms with Crippen LogP contribution in [0.4, 0.5) is 5.69 Å². The molecule has 0 heterocycles. The van der Waals surface area contributed by atoms with Crippen LogP contribution in [0.3, 0.4) is 0 Å². The second kappa shape index (κ2) is 6.17. The zero-order valence-corrected chi connectivity index (χ0v) is 13.3. The number of anilines is 1. The fraction of sp³-hybridized carbons (Fsp3) is 0.364. The van der Waals surface area contributed by atoms with Crippen molar-refractivity contribution in [3.8, 4) is 0 Å². The molecule has 1 aromatic carbocycles. The molecule has 112 valence electrons. The third kappa shape index (κ3) is 3.76. The molecule has 0 saturated heterocycles. The van der Waals surface area contributed by atoms with Crippen LogP contribution in [0.1, 0.15) is 24.2 Å².